The summed E-state index contributed by atoms with van der Waals surface area (Å²) in [6, 6.07) is 12.6. The number of anilines is 1. The van der Waals surface area contributed by atoms with Crippen LogP contribution in [0.4, 0.5) is 5.69 Å². The van der Waals surface area contributed by atoms with Gasteiger partial charge in [0.2, 0.25) is 0 Å². The molecule has 1 aliphatic rings. The van der Waals surface area contributed by atoms with Crippen LogP contribution in [0.1, 0.15) is 43.0 Å². The first-order valence-electron chi connectivity index (χ1n) is 9.50. The van der Waals surface area contributed by atoms with E-state index in [9.17, 15) is 0 Å². The summed E-state index contributed by atoms with van der Waals surface area (Å²) in [5.41, 5.74) is 6.03. The SMILES string of the molecule is CC(C)(C)NC(=S)c1ccc(CNc2c(Cl)ccc3c2CCNCC3)cc1.Cl. The van der Waals surface area contributed by atoms with Gasteiger partial charge in [0.15, 0.2) is 0 Å². The second-order valence-corrected chi connectivity index (χ2v) is 8.88. The van der Waals surface area contributed by atoms with E-state index >= 15 is 0 Å². The van der Waals surface area contributed by atoms with Crippen LogP contribution in [-0.2, 0) is 19.4 Å². The minimum absolute atomic E-state index is 0. The van der Waals surface area contributed by atoms with Crippen LogP contribution in [0.15, 0.2) is 36.4 Å². The first kappa shape index (κ1) is 23.0. The molecule has 2 aromatic rings. The number of nitrogens with one attached hydrogen (secondary N) is 3. The standard InChI is InChI=1S/C22H28ClN3S.ClH/c1-22(2,3)26-21(27)17-6-4-15(5-7-17)14-25-20-18-11-13-24-12-10-16(18)8-9-19(20)23;/h4-9,24-25H,10-14H2,1-3H3,(H,26,27);1H. The number of hydrogen-bond acceptors (Lipinski definition) is 3. The zero-order chi connectivity index (χ0) is 19.4. The Labute approximate surface area is 185 Å². The fourth-order valence-corrected chi connectivity index (χ4v) is 4.00. The molecule has 1 aliphatic heterocycles. The molecule has 0 spiro atoms. The Hall–Kier alpha value is -1.33. The van der Waals surface area contributed by atoms with Crippen molar-refractivity contribution in [3.8, 4) is 0 Å². The number of benzene rings is 2. The lowest BCUT2D eigenvalue weighted by Gasteiger charge is -2.22. The van der Waals surface area contributed by atoms with Gasteiger partial charge in [0.1, 0.15) is 4.99 Å². The lowest BCUT2D eigenvalue weighted by molar-refractivity contribution is 0.515. The van der Waals surface area contributed by atoms with Gasteiger partial charge in [0.25, 0.3) is 0 Å². The van der Waals surface area contributed by atoms with Crippen molar-refractivity contribution in [1.29, 1.82) is 0 Å². The summed E-state index contributed by atoms with van der Waals surface area (Å²) < 4.78 is 0. The van der Waals surface area contributed by atoms with Crippen molar-refractivity contribution >= 4 is 46.9 Å². The molecule has 2 aromatic carbocycles. The Morgan fingerprint density at radius 3 is 2.43 bits per heavy atom. The molecule has 0 radical (unpaired) electrons. The summed E-state index contributed by atoms with van der Waals surface area (Å²) in [4.78, 5) is 0.783. The largest absolute Gasteiger partial charge is 0.380 e. The number of fused-ring (bicyclic) bond motifs is 1. The molecule has 0 saturated heterocycles. The van der Waals surface area contributed by atoms with E-state index in [0.29, 0.717) is 0 Å². The molecule has 3 rings (SSSR count). The molecule has 152 valence electrons. The Kier molecular flexibility index (Phi) is 8.14. The number of hydrogen-bond donors (Lipinski definition) is 3. The number of thiocarbonyl (C=S) groups is 1. The highest BCUT2D eigenvalue weighted by molar-refractivity contribution is 7.80. The fourth-order valence-electron chi connectivity index (χ4n) is 3.31. The molecule has 3 nitrogen and oxygen atoms in total. The summed E-state index contributed by atoms with van der Waals surface area (Å²) >= 11 is 12.0. The molecule has 0 amide bonds. The minimum Gasteiger partial charge on any atom is -0.380 e. The Morgan fingerprint density at radius 1 is 1.07 bits per heavy atom. The van der Waals surface area contributed by atoms with Gasteiger partial charge >= 0.3 is 0 Å². The Balaban J connectivity index is 0.00000280. The molecule has 3 N–H and O–H groups in total. The smallest absolute Gasteiger partial charge is 0.106 e. The van der Waals surface area contributed by atoms with Crippen LogP contribution in [0.5, 0.6) is 0 Å². The molecule has 0 aliphatic carbocycles. The third-order valence-corrected chi connectivity index (χ3v) is 5.31. The van der Waals surface area contributed by atoms with Crippen LogP contribution in [0.2, 0.25) is 5.02 Å². The zero-order valence-corrected chi connectivity index (χ0v) is 19.1. The molecule has 0 saturated carbocycles. The first-order chi connectivity index (χ1) is 12.8. The highest BCUT2D eigenvalue weighted by atomic mass is 35.5. The van der Waals surface area contributed by atoms with Crippen molar-refractivity contribution in [2.75, 3.05) is 18.4 Å². The average Bonchev–Trinajstić information content (AvgIpc) is 2.85. The van der Waals surface area contributed by atoms with Crippen LogP contribution in [0.25, 0.3) is 0 Å². The zero-order valence-electron chi connectivity index (χ0n) is 16.7. The number of halogens is 2. The molecule has 0 aromatic heterocycles. The average molecular weight is 438 g/mol. The Morgan fingerprint density at radius 2 is 1.75 bits per heavy atom. The van der Waals surface area contributed by atoms with Gasteiger partial charge in [0, 0.05) is 17.6 Å². The van der Waals surface area contributed by atoms with Crippen LogP contribution in [0, 0.1) is 0 Å². The van der Waals surface area contributed by atoms with Crippen molar-refractivity contribution in [2.24, 2.45) is 0 Å². The van der Waals surface area contributed by atoms with E-state index in [4.69, 9.17) is 23.8 Å². The second kappa shape index (κ2) is 9.93. The van der Waals surface area contributed by atoms with Gasteiger partial charge in [-0.15, -0.1) is 12.4 Å². The summed E-state index contributed by atoms with van der Waals surface area (Å²) in [5.74, 6) is 0. The molecular weight excluding hydrogens is 409 g/mol. The normalized spacial score (nSPS) is 13.7. The van der Waals surface area contributed by atoms with Crippen LogP contribution in [0.3, 0.4) is 0 Å². The minimum atomic E-state index is -0.0337. The lowest BCUT2D eigenvalue weighted by atomic mass is 10.0. The van der Waals surface area contributed by atoms with Crippen molar-refractivity contribution in [2.45, 2.75) is 45.7 Å². The lowest BCUT2D eigenvalue weighted by Crippen LogP contribution is -2.40. The predicted octanol–water partition coefficient (Wildman–Crippen LogP) is 5.13. The number of rotatable bonds is 4. The van der Waals surface area contributed by atoms with E-state index in [-0.39, 0.29) is 17.9 Å². The molecule has 6 heteroatoms. The van der Waals surface area contributed by atoms with E-state index in [1.807, 2.05) is 6.07 Å². The molecule has 0 fully saturated rings. The van der Waals surface area contributed by atoms with Gasteiger partial charge < -0.3 is 16.0 Å². The van der Waals surface area contributed by atoms with Gasteiger partial charge in [-0.1, -0.05) is 54.2 Å². The van der Waals surface area contributed by atoms with Gasteiger partial charge in [0.05, 0.1) is 10.7 Å². The summed E-state index contributed by atoms with van der Waals surface area (Å²) in [5, 5.41) is 11.2. The van der Waals surface area contributed by atoms with Crippen LogP contribution in [-0.4, -0.2) is 23.6 Å². The third-order valence-electron chi connectivity index (χ3n) is 4.66. The van der Waals surface area contributed by atoms with Crippen LogP contribution >= 0.6 is 36.2 Å². The maximum absolute atomic E-state index is 6.50. The molecule has 0 unspecified atom stereocenters. The van der Waals surface area contributed by atoms with Crippen molar-refractivity contribution in [3.63, 3.8) is 0 Å². The van der Waals surface area contributed by atoms with Crippen molar-refractivity contribution in [3.05, 3.63) is 63.7 Å². The maximum atomic E-state index is 6.50. The fraction of sp³-hybridized carbons (Fsp3) is 0.409. The summed E-state index contributed by atoms with van der Waals surface area (Å²) in [6.07, 6.45) is 2.05. The van der Waals surface area contributed by atoms with E-state index in [1.54, 1.807) is 0 Å². The third kappa shape index (κ3) is 6.08. The van der Waals surface area contributed by atoms with E-state index < -0.39 is 0 Å². The van der Waals surface area contributed by atoms with Gasteiger partial charge in [-0.25, -0.2) is 0 Å². The van der Waals surface area contributed by atoms with E-state index in [1.165, 1.54) is 16.7 Å². The molecule has 1 heterocycles. The van der Waals surface area contributed by atoms with E-state index in [2.05, 4.69) is 67.1 Å². The highest BCUT2D eigenvalue weighted by Crippen LogP contribution is 2.31. The molecule has 0 atom stereocenters. The van der Waals surface area contributed by atoms with Crippen molar-refractivity contribution < 1.29 is 0 Å². The Bertz CT molecular complexity index is 814. The van der Waals surface area contributed by atoms with E-state index in [0.717, 1.165) is 53.7 Å². The summed E-state index contributed by atoms with van der Waals surface area (Å²) in [6.45, 7) is 9.09. The van der Waals surface area contributed by atoms with Crippen molar-refractivity contribution in [1.82, 2.24) is 10.6 Å². The quantitative estimate of drug-likeness (QED) is 0.579. The highest BCUT2D eigenvalue weighted by Gasteiger charge is 2.15. The maximum Gasteiger partial charge on any atom is 0.106 e. The topological polar surface area (TPSA) is 36.1 Å². The molecule has 0 bridgehead atoms. The van der Waals surface area contributed by atoms with Gasteiger partial charge in [-0.05, 0) is 69.5 Å². The van der Waals surface area contributed by atoms with Gasteiger partial charge in [-0.3, -0.25) is 0 Å². The summed E-state index contributed by atoms with van der Waals surface area (Å²) in [7, 11) is 0. The monoisotopic (exact) mass is 437 g/mol. The second-order valence-electron chi connectivity index (χ2n) is 8.06. The van der Waals surface area contributed by atoms with Gasteiger partial charge in [-0.2, -0.15) is 0 Å². The van der Waals surface area contributed by atoms with Crippen LogP contribution < -0.4 is 16.0 Å². The molecule has 28 heavy (non-hydrogen) atoms. The molecular formula is C22H29Cl2N3S. The predicted molar refractivity (Wildman–Crippen MR) is 127 cm³/mol. The first-order valence-corrected chi connectivity index (χ1v) is 10.3.